The van der Waals surface area contributed by atoms with Crippen molar-refractivity contribution in [2.24, 2.45) is 0 Å². The zero-order valence-corrected chi connectivity index (χ0v) is 22.4. The zero-order chi connectivity index (χ0) is 27.8. The van der Waals surface area contributed by atoms with Crippen LogP contribution >= 0.6 is 24.0 Å². The molecule has 2 aliphatic rings. The van der Waals surface area contributed by atoms with Crippen LogP contribution in [0, 0.1) is 11.2 Å². The van der Waals surface area contributed by atoms with Crippen LogP contribution in [0.5, 0.6) is 5.75 Å². The molecule has 0 aliphatic carbocycles. The first-order valence-corrected chi connectivity index (χ1v) is 12.1. The van der Waals surface area contributed by atoms with Gasteiger partial charge in [0, 0.05) is 18.7 Å². The lowest BCUT2D eigenvalue weighted by Gasteiger charge is -2.45. The molecule has 14 heteroatoms. The number of carbonyl (C=O) groups excluding carboxylic acids is 2. The monoisotopic (exact) mass is 592 g/mol. The van der Waals surface area contributed by atoms with Crippen molar-refractivity contribution in [2.45, 2.75) is 57.2 Å². The molecular weight excluding hydrogens is 567 g/mol. The predicted octanol–water partition coefficient (Wildman–Crippen LogP) is 5.59. The molecule has 0 aromatic heterocycles. The van der Waals surface area contributed by atoms with E-state index in [-0.39, 0.29) is 53.6 Å². The van der Waals surface area contributed by atoms with E-state index in [1.165, 1.54) is 11.0 Å². The fraction of sp³-hybridized carbons (Fsp3) is 0.400. The van der Waals surface area contributed by atoms with Crippen molar-refractivity contribution in [2.75, 3.05) is 11.9 Å². The molecule has 2 fully saturated rings. The zero-order valence-electron chi connectivity index (χ0n) is 20.8. The standard InChI is InChI=1S/C25H25ClF4N4O4.ClH/c1-13-10-15(8-9-37-13)34-20(35)12-24(2,33-23(34)31)17-4-3-5-18(21(17)26)32-22(36)16-7-6-14(27)11-19(16)38-25(28,29)30;/h3-7,11,13,15H,8-10,12H2,1-2H3,(H2,31,33)(H,32,36);1H/t13-,15-,24+;/m1./s1. The van der Waals surface area contributed by atoms with Gasteiger partial charge in [0.2, 0.25) is 5.91 Å². The van der Waals surface area contributed by atoms with Crippen LogP contribution in [0.3, 0.4) is 0 Å². The molecule has 2 amide bonds. The maximum absolute atomic E-state index is 13.5. The molecule has 2 aliphatic heterocycles. The van der Waals surface area contributed by atoms with Gasteiger partial charge in [0.25, 0.3) is 5.91 Å². The lowest BCUT2D eigenvalue weighted by Crippen LogP contribution is -2.63. The number of hydrogen-bond donors (Lipinski definition) is 3. The fourth-order valence-electron chi connectivity index (χ4n) is 4.77. The Morgan fingerprint density at radius 3 is 2.67 bits per heavy atom. The Morgan fingerprint density at radius 1 is 1.31 bits per heavy atom. The Hall–Kier alpha value is -3.09. The first kappa shape index (κ1) is 30.5. The quantitative estimate of drug-likeness (QED) is 0.393. The first-order chi connectivity index (χ1) is 17.8. The summed E-state index contributed by atoms with van der Waals surface area (Å²) in [5.41, 5.74) is -1.25. The lowest BCUT2D eigenvalue weighted by atomic mass is 9.85. The van der Waals surface area contributed by atoms with E-state index in [2.05, 4.69) is 15.4 Å². The average Bonchev–Trinajstić information content (AvgIpc) is 2.78. The summed E-state index contributed by atoms with van der Waals surface area (Å²) in [6.07, 6.45) is -4.03. The molecule has 39 heavy (non-hydrogen) atoms. The van der Waals surface area contributed by atoms with Gasteiger partial charge in [0.15, 0.2) is 5.96 Å². The summed E-state index contributed by atoms with van der Waals surface area (Å²) < 4.78 is 61.2. The van der Waals surface area contributed by atoms with Crippen molar-refractivity contribution in [3.8, 4) is 5.75 Å². The van der Waals surface area contributed by atoms with Gasteiger partial charge in [-0.25, -0.2) is 4.39 Å². The third-order valence-electron chi connectivity index (χ3n) is 6.49. The summed E-state index contributed by atoms with van der Waals surface area (Å²) in [6, 6.07) is 6.55. The van der Waals surface area contributed by atoms with E-state index >= 15 is 0 Å². The molecule has 8 nitrogen and oxygen atoms in total. The molecule has 3 N–H and O–H groups in total. The molecule has 2 aromatic carbocycles. The number of rotatable bonds is 5. The maximum atomic E-state index is 13.5. The fourth-order valence-corrected chi connectivity index (χ4v) is 5.15. The Balaban J connectivity index is 0.00000420. The van der Waals surface area contributed by atoms with Gasteiger partial charge >= 0.3 is 6.36 Å². The predicted molar refractivity (Wildman–Crippen MR) is 138 cm³/mol. The number of hydrogen-bond acceptors (Lipinski definition) is 5. The number of nitrogens with one attached hydrogen (secondary N) is 3. The van der Waals surface area contributed by atoms with E-state index in [1.807, 2.05) is 6.92 Å². The van der Waals surface area contributed by atoms with E-state index in [1.54, 1.807) is 19.1 Å². The molecule has 0 spiro atoms. The van der Waals surface area contributed by atoms with Gasteiger partial charge in [0.1, 0.15) is 11.6 Å². The van der Waals surface area contributed by atoms with Crippen molar-refractivity contribution in [3.63, 3.8) is 0 Å². The van der Waals surface area contributed by atoms with Crippen LogP contribution in [-0.2, 0) is 15.1 Å². The van der Waals surface area contributed by atoms with Gasteiger partial charge < -0.3 is 20.1 Å². The van der Waals surface area contributed by atoms with Crippen LogP contribution in [0.2, 0.25) is 5.02 Å². The van der Waals surface area contributed by atoms with Crippen LogP contribution in [0.4, 0.5) is 23.2 Å². The van der Waals surface area contributed by atoms with Gasteiger partial charge in [-0.1, -0.05) is 23.7 Å². The van der Waals surface area contributed by atoms with Crippen molar-refractivity contribution >= 4 is 47.5 Å². The highest BCUT2D eigenvalue weighted by Gasteiger charge is 2.44. The molecular formula is C25H26Cl2F4N4O4. The number of nitrogens with zero attached hydrogens (tertiary/aromatic N) is 1. The average molecular weight is 593 g/mol. The second kappa shape index (κ2) is 11.6. The first-order valence-electron chi connectivity index (χ1n) is 11.7. The molecule has 3 atom stereocenters. The van der Waals surface area contributed by atoms with Gasteiger partial charge in [-0.05, 0) is 50.5 Å². The number of ether oxygens (including phenoxy) is 2. The van der Waals surface area contributed by atoms with Gasteiger partial charge in [-0.3, -0.25) is 19.9 Å². The molecule has 0 unspecified atom stereocenters. The van der Waals surface area contributed by atoms with Crippen LogP contribution in [0.1, 0.15) is 49.0 Å². The third kappa shape index (κ3) is 6.74. The van der Waals surface area contributed by atoms with Gasteiger partial charge in [-0.2, -0.15) is 0 Å². The maximum Gasteiger partial charge on any atom is 0.573 e. The number of guanidine groups is 1. The minimum Gasteiger partial charge on any atom is -0.405 e. The van der Waals surface area contributed by atoms with Gasteiger partial charge in [-0.15, -0.1) is 25.6 Å². The molecule has 0 saturated carbocycles. The summed E-state index contributed by atoms with van der Waals surface area (Å²) >= 11 is 6.60. The number of anilines is 1. The van der Waals surface area contributed by atoms with Crippen LogP contribution in [0.25, 0.3) is 0 Å². The molecule has 4 rings (SSSR count). The largest absolute Gasteiger partial charge is 0.573 e. The van der Waals surface area contributed by atoms with Crippen LogP contribution in [-0.4, -0.2) is 47.8 Å². The van der Waals surface area contributed by atoms with E-state index in [0.717, 1.165) is 12.1 Å². The number of halogens is 6. The smallest absolute Gasteiger partial charge is 0.405 e. The minimum atomic E-state index is -5.14. The van der Waals surface area contributed by atoms with Gasteiger partial charge in [0.05, 0.1) is 34.3 Å². The Morgan fingerprint density at radius 2 is 2.03 bits per heavy atom. The van der Waals surface area contributed by atoms with Crippen molar-refractivity contribution < 1.29 is 36.6 Å². The molecule has 2 aromatic rings. The van der Waals surface area contributed by atoms with E-state index in [9.17, 15) is 27.2 Å². The van der Waals surface area contributed by atoms with Crippen molar-refractivity contribution in [1.82, 2.24) is 10.2 Å². The molecule has 212 valence electrons. The molecule has 0 radical (unpaired) electrons. The highest BCUT2D eigenvalue weighted by atomic mass is 35.5. The lowest BCUT2D eigenvalue weighted by molar-refractivity contribution is -0.274. The Labute approximate surface area is 232 Å². The Bertz CT molecular complexity index is 1260. The highest BCUT2D eigenvalue weighted by Crippen LogP contribution is 2.39. The second-order valence-electron chi connectivity index (χ2n) is 9.42. The van der Waals surface area contributed by atoms with E-state index in [0.29, 0.717) is 31.1 Å². The SMILES string of the molecule is C[C@@H]1C[C@H](N2C(=N)N[C@](C)(c3cccc(NC(=O)c4ccc(F)cc4OC(F)(F)F)c3Cl)CC2=O)CCO1.Cl. The summed E-state index contributed by atoms with van der Waals surface area (Å²) in [4.78, 5) is 27.5. The molecule has 2 heterocycles. The summed E-state index contributed by atoms with van der Waals surface area (Å²) in [5, 5.41) is 14.1. The topological polar surface area (TPSA) is 104 Å². The number of carbonyl (C=O) groups is 2. The molecule has 2 saturated heterocycles. The second-order valence-corrected chi connectivity index (χ2v) is 9.79. The van der Waals surface area contributed by atoms with Crippen molar-refractivity contribution in [1.29, 1.82) is 5.41 Å². The summed E-state index contributed by atoms with van der Waals surface area (Å²) in [7, 11) is 0. The summed E-state index contributed by atoms with van der Waals surface area (Å²) in [6.45, 7) is 4.08. The van der Waals surface area contributed by atoms with Crippen molar-refractivity contribution in [3.05, 3.63) is 58.4 Å². The van der Waals surface area contributed by atoms with E-state index < -0.39 is 34.9 Å². The van der Waals surface area contributed by atoms with Crippen LogP contribution < -0.4 is 15.4 Å². The normalized spacial score (nSPS) is 23.5. The molecule has 0 bridgehead atoms. The van der Waals surface area contributed by atoms with Crippen LogP contribution in [0.15, 0.2) is 36.4 Å². The number of alkyl halides is 3. The van der Waals surface area contributed by atoms with E-state index in [4.69, 9.17) is 21.7 Å². The Kier molecular flexibility index (Phi) is 9.03. The third-order valence-corrected chi connectivity index (χ3v) is 6.89. The minimum absolute atomic E-state index is 0. The number of benzene rings is 2. The summed E-state index contributed by atoms with van der Waals surface area (Å²) in [5.74, 6) is -3.42. The number of amides is 2. The highest BCUT2D eigenvalue weighted by molar-refractivity contribution is 6.35.